The van der Waals surface area contributed by atoms with Gasteiger partial charge >= 0.3 is 6.09 Å². The lowest BCUT2D eigenvalue weighted by Crippen LogP contribution is -2.55. The Morgan fingerprint density at radius 3 is 2.91 bits per heavy atom. The summed E-state index contributed by atoms with van der Waals surface area (Å²) in [6, 6.07) is 4.48. The van der Waals surface area contributed by atoms with Gasteiger partial charge in [0.1, 0.15) is 12.2 Å². The van der Waals surface area contributed by atoms with Crippen molar-refractivity contribution < 1.29 is 18.7 Å². The number of hydrogen-bond donors (Lipinski definition) is 1. The molecule has 1 saturated heterocycles. The summed E-state index contributed by atoms with van der Waals surface area (Å²) in [7, 11) is 0. The Labute approximate surface area is 144 Å². The van der Waals surface area contributed by atoms with Gasteiger partial charge in [-0.2, -0.15) is 0 Å². The maximum absolute atomic E-state index is 13.7. The van der Waals surface area contributed by atoms with Gasteiger partial charge in [-0.05, 0) is 39.0 Å². The summed E-state index contributed by atoms with van der Waals surface area (Å²) in [5.74, 6) is -0.219. The molecular weight excluding hydrogens is 367 g/mol. The number of amides is 1. The zero-order valence-electron chi connectivity index (χ0n) is 13.6. The standard InChI is InChI=1S/C16H22BrFN2O3/c1-16(2,3)23-15(21)20-7-6-19-12(9-20)10-22-14-8-11(17)4-5-13(14)18/h4-5,8,12,19H,6-7,9-10H2,1-3H3. The lowest BCUT2D eigenvalue weighted by atomic mass is 10.2. The molecule has 1 aromatic carbocycles. The monoisotopic (exact) mass is 388 g/mol. The van der Waals surface area contributed by atoms with Gasteiger partial charge in [-0.25, -0.2) is 9.18 Å². The number of benzene rings is 1. The highest BCUT2D eigenvalue weighted by atomic mass is 79.9. The highest BCUT2D eigenvalue weighted by Gasteiger charge is 2.27. The van der Waals surface area contributed by atoms with E-state index in [2.05, 4.69) is 21.2 Å². The first kappa shape index (κ1) is 18.0. The molecular formula is C16H22BrFN2O3. The molecule has 0 saturated carbocycles. The van der Waals surface area contributed by atoms with Crippen molar-refractivity contribution in [2.24, 2.45) is 0 Å². The molecule has 5 nitrogen and oxygen atoms in total. The maximum atomic E-state index is 13.7. The molecule has 7 heteroatoms. The molecule has 1 amide bonds. The molecule has 0 aromatic heterocycles. The molecule has 1 aromatic rings. The SMILES string of the molecule is CC(C)(C)OC(=O)N1CCNC(COc2cc(Br)ccc2F)C1. The smallest absolute Gasteiger partial charge is 0.410 e. The van der Waals surface area contributed by atoms with E-state index >= 15 is 0 Å². The van der Waals surface area contributed by atoms with Gasteiger partial charge in [-0.1, -0.05) is 15.9 Å². The molecule has 0 radical (unpaired) electrons. The van der Waals surface area contributed by atoms with E-state index in [1.54, 1.807) is 17.0 Å². The molecule has 1 aliphatic rings. The predicted octanol–water partition coefficient (Wildman–Crippen LogP) is 3.18. The van der Waals surface area contributed by atoms with Crippen LogP contribution in [0.1, 0.15) is 20.8 Å². The molecule has 0 aliphatic carbocycles. The van der Waals surface area contributed by atoms with E-state index < -0.39 is 11.4 Å². The lowest BCUT2D eigenvalue weighted by molar-refractivity contribution is 0.0177. The van der Waals surface area contributed by atoms with Gasteiger partial charge in [0.15, 0.2) is 11.6 Å². The van der Waals surface area contributed by atoms with Gasteiger partial charge < -0.3 is 19.7 Å². The number of hydrogen-bond acceptors (Lipinski definition) is 4. The molecule has 0 bridgehead atoms. The number of carbonyl (C=O) groups is 1. The van der Waals surface area contributed by atoms with E-state index in [-0.39, 0.29) is 24.5 Å². The first-order chi connectivity index (χ1) is 10.7. The summed E-state index contributed by atoms with van der Waals surface area (Å²) >= 11 is 3.29. The second kappa shape index (κ2) is 7.49. The second-order valence-corrected chi connectivity index (χ2v) is 7.38. The van der Waals surface area contributed by atoms with E-state index in [1.165, 1.54) is 6.07 Å². The molecule has 128 valence electrons. The first-order valence-corrected chi connectivity index (χ1v) is 8.33. The highest BCUT2D eigenvalue weighted by Crippen LogP contribution is 2.22. The van der Waals surface area contributed by atoms with Gasteiger partial charge in [0, 0.05) is 24.1 Å². The summed E-state index contributed by atoms with van der Waals surface area (Å²) in [6.07, 6.45) is -0.336. The summed E-state index contributed by atoms with van der Waals surface area (Å²) in [4.78, 5) is 13.7. The van der Waals surface area contributed by atoms with Crippen LogP contribution in [0.15, 0.2) is 22.7 Å². The van der Waals surface area contributed by atoms with Gasteiger partial charge in [-0.15, -0.1) is 0 Å². The van der Waals surface area contributed by atoms with Crippen LogP contribution in [0.2, 0.25) is 0 Å². The zero-order chi connectivity index (χ0) is 17.0. The van der Waals surface area contributed by atoms with Gasteiger partial charge in [0.2, 0.25) is 0 Å². The number of halogens is 2. The number of carbonyl (C=O) groups excluding carboxylic acids is 1. The van der Waals surface area contributed by atoms with Crippen LogP contribution in [-0.2, 0) is 4.74 Å². The van der Waals surface area contributed by atoms with Crippen LogP contribution in [0.5, 0.6) is 5.75 Å². The van der Waals surface area contributed by atoms with Crippen molar-refractivity contribution in [1.82, 2.24) is 10.2 Å². The lowest BCUT2D eigenvalue weighted by Gasteiger charge is -2.34. The van der Waals surface area contributed by atoms with Crippen LogP contribution in [0.4, 0.5) is 9.18 Å². The summed E-state index contributed by atoms with van der Waals surface area (Å²) in [5, 5.41) is 3.26. The van der Waals surface area contributed by atoms with Crippen molar-refractivity contribution in [2.45, 2.75) is 32.4 Å². The minimum absolute atomic E-state index is 0.0744. The Bertz CT molecular complexity index is 563. The van der Waals surface area contributed by atoms with Crippen molar-refractivity contribution in [3.05, 3.63) is 28.5 Å². The van der Waals surface area contributed by atoms with Crippen LogP contribution >= 0.6 is 15.9 Å². The van der Waals surface area contributed by atoms with E-state index in [4.69, 9.17) is 9.47 Å². The fraction of sp³-hybridized carbons (Fsp3) is 0.562. The Balaban J connectivity index is 1.89. The van der Waals surface area contributed by atoms with Crippen molar-refractivity contribution >= 4 is 22.0 Å². The van der Waals surface area contributed by atoms with Crippen LogP contribution in [0, 0.1) is 5.82 Å². The molecule has 0 spiro atoms. The van der Waals surface area contributed by atoms with Crippen LogP contribution < -0.4 is 10.1 Å². The average Bonchev–Trinajstić information content (AvgIpc) is 2.47. The Kier molecular flexibility index (Phi) is 5.86. The number of ether oxygens (including phenoxy) is 2. The summed E-state index contributed by atoms with van der Waals surface area (Å²) in [5.41, 5.74) is -0.520. The third-order valence-corrected chi connectivity index (χ3v) is 3.73. The summed E-state index contributed by atoms with van der Waals surface area (Å²) in [6.45, 7) is 7.47. The van der Waals surface area contributed by atoms with E-state index in [0.29, 0.717) is 19.6 Å². The first-order valence-electron chi connectivity index (χ1n) is 7.54. The zero-order valence-corrected chi connectivity index (χ0v) is 15.2. The maximum Gasteiger partial charge on any atom is 0.410 e. The Morgan fingerprint density at radius 2 is 2.22 bits per heavy atom. The third-order valence-electron chi connectivity index (χ3n) is 3.24. The number of nitrogens with one attached hydrogen (secondary N) is 1. The minimum Gasteiger partial charge on any atom is -0.489 e. The Hall–Kier alpha value is -1.34. The molecule has 1 aliphatic heterocycles. The molecule has 23 heavy (non-hydrogen) atoms. The van der Waals surface area contributed by atoms with E-state index in [0.717, 1.165) is 4.47 Å². The van der Waals surface area contributed by atoms with Crippen molar-refractivity contribution in [3.63, 3.8) is 0 Å². The molecule has 1 heterocycles. The quantitative estimate of drug-likeness (QED) is 0.863. The highest BCUT2D eigenvalue weighted by molar-refractivity contribution is 9.10. The van der Waals surface area contributed by atoms with Crippen molar-refractivity contribution in [2.75, 3.05) is 26.2 Å². The van der Waals surface area contributed by atoms with Crippen LogP contribution in [0.3, 0.4) is 0 Å². The molecule has 1 fully saturated rings. The number of piperazine rings is 1. The second-order valence-electron chi connectivity index (χ2n) is 6.46. The minimum atomic E-state index is -0.520. The van der Waals surface area contributed by atoms with Crippen LogP contribution in [0.25, 0.3) is 0 Å². The number of rotatable bonds is 3. The third kappa shape index (κ3) is 5.66. The molecule has 1 unspecified atom stereocenters. The molecule has 1 N–H and O–H groups in total. The fourth-order valence-electron chi connectivity index (χ4n) is 2.21. The van der Waals surface area contributed by atoms with Crippen molar-refractivity contribution in [3.8, 4) is 5.75 Å². The predicted molar refractivity (Wildman–Crippen MR) is 89.2 cm³/mol. The van der Waals surface area contributed by atoms with Gasteiger partial charge in [0.25, 0.3) is 0 Å². The normalized spacial score (nSPS) is 18.7. The average molecular weight is 389 g/mol. The van der Waals surface area contributed by atoms with Gasteiger partial charge in [-0.3, -0.25) is 0 Å². The topological polar surface area (TPSA) is 50.8 Å². The Morgan fingerprint density at radius 1 is 1.48 bits per heavy atom. The molecule has 2 rings (SSSR count). The largest absolute Gasteiger partial charge is 0.489 e. The van der Waals surface area contributed by atoms with E-state index in [1.807, 2.05) is 20.8 Å². The van der Waals surface area contributed by atoms with E-state index in [9.17, 15) is 9.18 Å². The molecule has 1 atom stereocenters. The van der Waals surface area contributed by atoms with Crippen LogP contribution in [-0.4, -0.2) is 48.9 Å². The fourth-order valence-corrected chi connectivity index (χ4v) is 2.55. The van der Waals surface area contributed by atoms with Gasteiger partial charge in [0.05, 0.1) is 6.04 Å². The van der Waals surface area contributed by atoms with Crippen molar-refractivity contribution in [1.29, 1.82) is 0 Å². The number of nitrogens with zero attached hydrogens (tertiary/aromatic N) is 1. The summed E-state index contributed by atoms with van der Waals surface area (Å²) < 4.78 is 25.3.